The first-order valence-electron chi connectivity index (χ1n) is 5.78. The maximum Gasteiger partial charge on any atom is 0.170 e. The molecule has 0 unspecified atom stereocenters. The second kappa shape index (κ2) is 4.92. The van der Waals surface area contributed by atoms with Crippen molar-refractivity contribution < 1.29 is 15.0 Å². The molecule has 0 radical (unpaired) electrons. The molecule has 0 aliphatic heterocycles. The van der Waals surface area contributed by atoms with Crippen molar-refractivity contribution in [3.05, 3.63) is 48.0 Å². The molecule has 0 fully saturated rings. The standard InChI is InChI=1S/C9H10O3.C6H4/c1-2-6(10)9-7(11)4-3-5-8(9)12;1-2-6-4-3-5(1)6/h3-5,11-12H,2H2,1H3;1-4H. The zero-order valence-corrected chi connectivity index (χ0v) is 10.1. The molecule has 0 saturated carbocycles. The molecule has 0 heterocycles. The molecule has 18 heavy (non-hydrogen) atoms. The number of ketones is 1. The van der Waals surface area contributed by atoms with E-state index in [0.29, 0.717) is 0 Å². The molecule has 2 aliphatic rings. The van der Waals surface area contributed by atoms with E-state index in [-0.39, 0.29) is 29.3 Å². The summed E-state index contributed by atoms with van der Waals surface area (Å²) >= 11 is 0. The molecular weight excluding hydrogens is 228 g/mol. The van der Waals surface area contributed by atoms with E-state index in [4.69, 9.17) is 0 Å². The Bertz CT molecular complexity index is 530. The zero-order chi connectivity index (χ0) is 13.1. The molecule has 0 spiro atoms. The second-order valence-electron chi connectivity index (χ2n) is 4.03. The number of carbonyl (C=O) groups excluding carboxylic acids is 1. The lowest BCUT2D eigenvalue weighted by atomic mass is 9.95. The monoisotopic (exact) mass is 242 g/mol. The van der Waals surface area contributed by atoms with Crippen molar-refractivity contribution in [2.45, 2.75) is 13.3 Å². The highest BCUT2D eigenvalue weighted by Crippen LogP contribution is 2.29. The SMILES string of the molecule is CCC(=O)c1c(O)cccc1O.c1cc2ccc1-2. The van der Waals surface area contributed by atoms with Crippen LogP contribution in [0, 0.1) is 0 Å². The maximum absolute atomic E-state index is 11.1. The number of phenols is 2. The van der Waals surface area contributed by atoms with Gasteiger partial charge in [0.25, 0.3) is 0 Å². The quantitative estimate of drug-likeness (QED) is 0.677. The van der Waals surface area contributed by atoms with Crippen molar-refractivity contribution in [3.8, 4) is 22.6 Å². The Morgan fingerprint density at radius 2 is 1.39 bits per heavy atom. The van der Waals surface area contributed by atoms with Crippen LogP contribution in [-0.4, -0.2) is 16.0 Å². The van der Waals surface area contributed by atoms with E-state index in [1.54, 1.807) is 6.92 Å². The highest BCUT2D eigenvalue weighted by Gasteiger charge is 2.13. The Balaban J connectivity index is 0.000000164. The van der Waals surface area contributed by atoms with Gasteiger partial charge in [0, 0.05) is 6.42 Å². The van der Waals surface area contributed by atoms with E-state index in [0.717, 1.165) is 0 Å². The number of hydrogen-bond acceptors (Lipinski definition) is 3. The first-order chi connectivity index (χ1) is 8.63. The lowest BCUT2D eigenvalue weighted by Crippen LogP contribution is -1.97. The van der Waals surface area contributed by atoms with Crippen molar-refractivity contribution >= 4 is 5.78 Å². The van der Waals surface area contributed by atoms with Gasteiger partial charge in [0.1, 0.15) is 17.1 Å². The molecule has 92 valence electrons. The Kier molecular flexibility index (Phi) is 3.33. The predicted octanol–water partition coefficient (Wildman–Crippen LogP) is 3.36. The van der Waals surface area contributed by atoms with Crippen LogP contribution in [0.15, 0.2) is 42.5 Å². The smallest absolute Gasteiger partial charge is 0.170 e. The van der Waals surface area contributed by atoms with Crippen LogP contribution in [0.4, 0.5) is 0 Å². The summed E-state index contributed by atoms with van der Waals surface area (Å²) in [7, 11) is 0. The zero-order valence-electron chi connectivity index (χ0n) is 10.1. The van der Waals surface area contributed by atoms with Crippen LogP contribution in [0.3, 0.4) is 0 Å². The molecular formula is C15H14O3. The number of hydrogen-bond donors (Lipinski definition) is 2. The Labute approximate surface area is 105 Å². The molecule has 3 rings (SSSR count). The van der Waals surface area contributed by atoms with E-state index in [1.165, 1.54) is 29.3 Å². The van der Waals surface area contributed by atoms with E-state index in [9.17, 15) is 15.0 Å². The van der Waals surface area contributed by atoms with Gasteiger partial charge in [0.2, 0.25) is 0 Å². The van der Waals surface area contributed by atoms with Crippen LogP contribution >= 0.6 is 0 Å². The highest BCUT2D eigenvalue weighted by molar-refractivity contribution is 6.00. The first-order valence-corrected chi connectivity index (χ1v) is 5.78. The van der Waals surface area contributed by atoms with Crippen molar-refractivity contribution in [2.75, 3.05) is 0 Å². The fourth-order valence-electron chi connectivity index (χ4n) is 1.65. The van der Waals surface area contributed by atoms with Gasteiger partial charge in [0.05, 0.1) is 0 Å². The molecule has 3 nitrogen and oxygen atoms in total. The maximum atomic E-state index is 11.1. The number of aromatic hydroxyl groups is 2. The Morgan fingerprint density at radius 1 is 0.944 bits per heavy atom. The molecule has 0 atom stereocenters. The number of carbonyl (C=O) groups is 1. The van der Waals surface area contributed by atoms with Crippen molar-refractivity contribution in [3.63, 3.8) is 0 Å². The number of rotatable bonds is 2. The fraction of sp³-hybridized carbons (Fsp3) is 0.133. The van der Waals surface area contributed by atoms with Crippen molar-refractivity contribution in [1.82, 2.24) is 0 Å². The average Bonchev–Trinajstić information content (AvgIpc) is 2.34. The molecule has 0 aromatic heterocycles. The van der Waals surface area contributed by atoms with Gasteiger partial charge in [-0.3, -0.25) is 4.79 Å². The van der Waals surface area contributed by atoms with Gasteiger partial charge in [-0.1, -0.05) is 37.3 Å². The van der Waals surface area contributed by atoms with Crippen LogP contribution < -0.4 is 0 Å². The van der Waals surface area contributed by atoms with Crippen LogP contribution in [0.1, 0.15) is 23.7 Å². The summed E-state index contributed by atoms with van der Waals surface area (Å²) < 4.78 is 0. The molecule has 3 heteroatoms. The molecule has 0 bridgehead atoms. The number of phenolic OH excluding ortho intramolecular Hbond substituents is 2. The third-order valence-electron chi connectivity index (χ3n) is 2.84. The molecule has 1 aromatic rings. The van der Waals surface area contributed by atoms with Crippen LogP contribution in [0.2, 0.25) is 0 Å². The van der Waals surface area contributed by atoms with E-state index >= 15 is 0 Å². The van der Waals surface area contributed by atoms with Crippen LogP contribution in [-0.2, 0) is 0 Å². The van der Waals surface area contributed by atoms with Gasteiger partial charge in [-0.15, -0.1) is 0 Å². The van der Waals surface area contributed by atoms with E-state index < -0.39 is 0 Å². The summed E-state index contributed by atoms with van der Waals surface area (Å²) in [4.78, 5) is 11.1. The molecule has 2 N–H and O–H groups in total. The third-order valence-corrected chi connectivity index (χ3v) is 2.84. The third kappa shape index (κ3) is 2.20. The summed E-state index contributed by atoms with van der Waals surface area (Å²) in [5, 5.41) is 18.4. The summed E-state index contributed by atoms with van der Waals surface area (Å²) in [6, 6.07) is 12.7. The molecule has 0 amide bonds. The topological polar surface area (TPSA) is 57.5 Å². The predicted molar refractivity (Wildman–Crippen MR) is 69.8 cm³/mol. The summed E-state index contributed by atoms with van der Waals surface area (Å²) in [6.07, 6.45) is 0.269. The minimum atomic E-state index is -0.259. The number of fused-ring (bicyclic) bond motifs is 1. The van der Waals surface area contributed by atoms with E-state index in [1.807, 2.05) is 0 Å². The van der Waals surface area contributed by atoms with E-state index in [2.05, 4.69) is 24.3 Å². The van der Waals surface area contributed by atoms with Gasteiger partial charge >= 0.3 is 0 Å². The fourth-order valence-corrected chi connectivity index (χ4v) is 1.65. The Morgan fingerprint density at radius 3 is 1.67 bits per heavy atom. The van der Waals surface area contributed by atoms with Crippen LogP contribution in [0.25, 0.3) is 11.1 Å². The molecule has 0 saturated heterocycles. The van der Waals surface area contributed by atoms with Crippen molar-refractivity contribution in [1.29, 1.82) is 0 Å². The average molecular weight is 242 g/mol. The summed E-state index contributed by atoms with van der Waals surface area (Å²) in [5.74, 6) is -0.589. The minimum Gasteiger partial charge on any atom is -0.507 e. The lowest BCUT2D eigenvalue weighted by Gasteiger charge is -2.10. The minimum absolute atomic E-state index is 0.0139. The van der Waals surface area contributed by atoms with Gasteiger partial charge < -0.3 is 10.2 Å². The highest BCUT2D eigenvalue weighted by atomic mass is 16.3. The van der Waals surface area contributed by atoms with Gasteiger partial charge in [-0.05, 0) is 23.3 Å². The van der Waals surface area contributed by atoms with Crippen molar-refractivity contribution in [2.24, 2.45) is 0 Å². The largest absolute Gasteiger partial charge is 0.507 e. The second-order valence-corrected chi connectivity index (χ2v) is 4.03. The summed E-state index contributed by atoms with van der Waals surface area (Å²) in [6.45, 7) is 1.67. The molecule has 2 aliphatic carbocycles. The normalized spacial score (nSPS) is 10.3. The van der Waals surface area contributed by atoms with Gasteiger partial charge in [-0.2, -0.15) is 0 Å². The van der Waals surface area contributed by atoms with Gasteiger partial charge in [0.15, 0.2) is 5.78 Å². The Hall–Kier alpha value is -2.29. The van der Waals surface area contributed by atoms with Gasteiger partial charge in [-0.25, -0.2) is 0 Å². The number of benzene rings is 2. The van der Waals surface area contributed by atoms with Crippen LogP contribution in [0.5, 0.6) is 11.5 Å². The summed E-state index contributed by atoms with van der Waals surface area (Å²) in [5.41, 5.74) is 2.87. The molecule has 1 aromatic carbocycles. The number of Topliss-reactive ketones (excluding diaryl/α,β-unsaturated/α-hetero) is 1. The lowest BCUT2D eigenvalue weighted by molar-refractivity contribution is 0.0983. The first kappa shape index (κ1) is 12.2.